The van der Waals surface area contributed by atoms with Crippen LogP contribution in [0.5, 0.6) is 0 Å². The van der Waals surface area contributed by atoms with Crippen molar-refractivity contribution in [1.29, 1.82) is 0 Å². The molecule has 0 spiro atoms. The summed E-state index contributed by atoms with van der Waals surface area (Å²) in [5, 5.41) is 6.43. The van der Waals surface area contributed by atoms with Gasteiger partial charge in [-0.25, -0.2) is 0 Å². The Bertz CT molecular complexity index is 389. The predicted octanol–water partition coefficient (Wildman–Crippen LogP) is 3.30. The standard InChI is InChI=1S/C10H11BrCl2N2O/c1-5(10(16)14-2)15-9-7(12)3-6(11)4-8(9)13/h3-5,15H,1-2H3,(H,14,16). The Morgan fingerprint density at radius 3 is 2.31 bits per heavy atom. The van der Waals surface area contributed by atoms with Crippen molar-refractivity contribution < 1.29 is 4.79 Å². The Labute approximate surface area is 113 Å². The number of likely N-dealkylation sites (N-methyl/N-ethyl adjacent to an activating group) is 1. The van der Waals surface area contributed by atoms with Crippen molar-refractivity contribution in [3.63, 3.8) is 0 Å². The van der Waals surface area contributed by atoms with Gasteiger partial charge in [0.2, 0.25) is 5.91 Å². The van der Waals surface area contributed by atoms with Crippen LogP contribution < -0.4 is 10.6 Å². The number of hydrogen-bond donors (Lipinski definition) is 2. The number of carbonyl (C=O) groups excluding carboxylic acids is 1. The molecule has 0 heterocycles. The summed E-state index contributed by atoms with van der Waals surface area (Å²) in [4.78, 5) is 11.3. The van der Waals surface area contributed by atoms with Crippen LogP contribution in [0, 0.1) is 0 Å². The molecular formula is C10H11BrCl2N2O. The highest BCUT2D eigenvalue weighted by molar-refractivity contribution is 9.10. The second-order valence-electron chi connectivity index (χ2n) is 3.22. The van der Waals surface area contributed by atoms with Gasteiger partial charge in [0, 0.05) is 11.5 Å². The number of amides is 1. The average molecular weight is 326 g/mol. The quantitative estimate of drug-likeness (QED) is 0.895. The lowest BCUT2D eigenvalue weighted by atomic mass is 10.2. The fraction of sp³-hybridized carbons (Fsp3) is 0.300. The van der Waals surface area contributed by atoms with Crippen molar-refractivity contribution in [3.05, 3.63) is 26.7 Å². The smallest absolute Gasteiger partial charge is 0.241 e. The molecule has 0 aromatic heterocycles. The molecule has 0 bridgehead atoms. The minimum Gasteiger partial charge on any atom is -0.371 e. The van der Waals surface area contributed by atoms with Crippen molar-refractivity contribution in [2.75, 3.05) is 12.4 Å². The van der Waals surface area contributed by atoms with E-state index < -0.39 is 6.04 Å². The van der Waals surface area contributed by atoms with Crippen molar-refractivity contribution in [3.8, 4) is 0 Å². The average Bonchev–Trinajstić information content (AvgIpc) is 2.21. The predicted molar refractivity (Wildman–Crippen MR) is 71.3 cm³/mol. The molecule has 1 aromatic carbocycles. The maximum absolute atomic E-state index is 11.3. The summed E-state index contributed by atoms with van der Waals surface area (Å²) >= 11 is 15.3. The SMILES string of the molecule is CNC(=O)C(C)Nc1c(Cl)cc(Br)cc1Cl. The number of anilines is 1. The summed E-state index contributed by atoms with van der Waals surface area (Å²) in [6, 6.07) is 3.03. The van der Waals surface area contributed by atoms with E-state index in [1.165, 1.54) is 0 Å². The highest BCUT2D eigenvalue weighted by Gasteiger charge is 2.14. The van der Waals surface area contributed by atoms with Crippen LogP contribution >= 0.6 is 39.1 Å². The van der Waals surface area contributed by atoms with E-state index in [2.05, 4.69) is 26.6 Å². The second kappa shape index (κ2) is 5.75. The van der Waals surface area contributed by atoms with Gasteiger partial charge in [-0.3, -0.25) is 4.79 Å². The molecule has 0 saturated heterocycles. The van der Waals surface area contributed by atoms with Crippen molar-refractivity contribution in [2.24, 2.45) is 0 Å². The van der Waals surface area contributed by atoms with Gasteiger partial charge in [-0.15, -0.1) is 0 Å². The normalized spacial score (nSPS) is 12.1. The summed E-state index contributed by atoms with van der Waals surface area (Å²) in [6.45, 7) is 1.73. The van der Waals surface area contributed by atoms with Gasteiger partial charge in [0.15, 0.2) is 0 Å². The van der Waals surface area contributed by atoms with Crippen LogP contribution in [-0.4, -0.2) is 19.0 Å². The molecular weight excluding hydrogens is 315 g/mol. The lowest BCUT2D eigenvalue weighted by Crippen LogP contribution is -2.35. The third-order valence-corrected chi connectivity index (χ3v) is 3.06. The summed E-state index contributed by atoms with van der Waals surface area (Å²) in [6.07, 6.45) is 0. The van der Waals surface area contributed by atoms with Crippen LogP contribution in [-0.2, 0) is 4.79 Å². The zero-order chi connectivity index (χ0) is 12.3. The van der Waals surface area contributed by atoms with Crippen LogP contribution in [0.3, 0.4) is 0 Å². The van der Waals surface area contributed by atoms with Gasteiger partial charge in [0.1, 0.15) is 6.04 Å². The lowest BCUT2D eigenvalue weighted by Gasteiger charge is -2.16. The molecule has 0 radical (unpaired) electrons. The Morgan fingerprint density at radius 1 is 1.38 bits per heavy atom. The number of hydrogen-bond acceptors (Lipinski definition) is 2. The number of carbonyl (C=O) groups is 1. The largest absolute Gasteiger partial charge is 0.371 e. The Balaban J connectivity index is 2.93. The van der Waals surface area contributed by atoms with E-state index in [4.69, 9.17) is 23.2 Å². The van der Waals surface area contributed by atoms with E-state index in [-0.39, 0.29) is 5.91 Å². The van der Waals surface area contributed by atoms with Gasteiger partial charge in [-0.2, -0.15) is 0 Å². The first kappa shape index (κ1) is 13.6. The van der Waals surface area contributed by atoms with Crippen LogP contribution in [0.15, 0.2) is 16.6 Å². The molecule has 1 atom stereocenters. The zero-order valence-electron chi connectivity index (χ0n) is 8.77. The lowest BCUT2D eigenvalue weighted by molar-refractivity contribution is -0.121. The molecule has 1 amide bonds. The number of rotatable bonds is 3. The maximum atomic E-state index is 11.3. The molecule has 6 heteroatoms. The Hall–Kier alpha value is -0.450. The first-order chi connectivity index (χ1) is 7.45. The molecule has 16 heavy (non-hydrogen) atoms. The Kier molecular flexibility index (Phi) is 4.89. The number of nitrogens with one attached hydrogen (secondary N) is 2. The maximum Gasteiger partial charge on any atom is 0.241 e. The summed E-state index contributed by atoms with van der Waals surface area (Å²) in [7, 11) is 1.57. The molecule has 0 aliphatic carbocycles. The second-order valence-corrected chi connectivity index (χ2v) is 4.95. The molecule has 0 aliphatic rings. The van der Waals surface area contributed by atoms with Crippen molar-refractivity contribution >= 4 is 50.7 Å². The molecule has 0 aliphatic heterocycles. The summed E-state index contributed by atoms with van der Waals surface area (Å²) in [5.74, 6) is -0.130. The van der Waals surface area contributed by atoms with Crippen molar-refractivity contribution in [1.82, 2.24) is 5.32 Å². The van der Waals surface area contributed by atoms with Crippen LogP contribution in [0.2, 0.25) is 10.0 Å². The van der Waals surface area contributed by atoms with E-state index in [0.29, 0.717) is 15.7 Å². The van der Waals surface area contributed by atoms with E-state index in [9.17, 15) is 4.79 Å². The molecule has 3 nitrogen and oxygen atoms in total. The Morgan fingerprint density at radius 2 is 1.88 bits per heavy atom. The van der Waals surface area contributed by atoms with E-state index >= 15 is 0 Å². The van der Waals surface area contributed by atoms with Gasteiger partial charge >= 0.3 is 0 Å². The van der Waals surface area contributed by atoms with Gasteiger partial charge in [-0.05, 0) is 19.1 Å². The molecule has 1 aromatic rings. The first-order valence-corrected chi connectivity index (χ1v) is 6.13. The minimum absolute atomic E-state index is 0.130. The summed E-state index contributed by atoms with van der Waals surface area (Å²) < 4.78 is 0.792. The van der Waals surface area contributed by atoms with Gasteiger partial charge < -0.3 is 10.6 Å². The molecule has 1 unspecified atom stereocenters. The number of benzene rings is 1. The third kappa shape index (κ3) is 3.27. The van der Waals surface area contributed by atoms with Crippen LogP contribution in [0.1, 0.15) is 6.92 Å². The molecule has 88 valence electrons. The van der Waals surface area contributed by atoms with Crippen molar-refractivity contribution in [2.45, 2.75) is 13.0 Å². The van der Waals surface area contributed by atoms with Gasteiger partial charge in [0.25, 0.3) is 0 Å². The molecule has 0 saturated carbocycles. The fourth-order valence-corrected chi connectivity index (χ4v) is 2.50. The molecule has 0 fully saturated rings. The highest BCUT2D eigenvalue weighted by Crippen LogP contribution is 2.34. The van der Waals surface area contributed by atoms with Crippen LogP contribution in [0.4, 0.5) is 5.69 Å². The number of halogens is 3. The van der Waals surface area contributed by atoms with E-state index in [0.717, 1.165) is 4.47 Å². The molecule has 2 N–H and O–H groups in total. The van der Waals surface area contributed by atoms with Gasteiger partial charge in [0.05, 0.1) is 15.7 Å². The first-order valence-electron chi connectivity index (χ1n) is 4.58. The van der Waals surface area contributed by atoms with E-state index in [1.54, 1.807) is 26.1 Å². The van der Waals surface area contributed by atoms with Gasteiger partial charge in [-0.1, -0.05) is 39.1 Å². The van der Waals surface area contributed by atoms with E-state index in [1.807, 2.05) is 0 Å². The topological polar surface area (TPSA) is 41.1 Å². The fourth-order valence-electron chi connectivity index (χ4n) is 1.18. The van der Waals surface area contributed by atoms with Crippen LogP contribution in [0.25, 0.3) is 0 Å². The highest BCUT2D eigenvalue weighted by atomic mass is 79.9. The minimum atomic E-state index is -0.402. The zero-order valence-corrected chi connectivity index (χ0v) is 11.9. The third-order valence-electron chi connectivity index (χ3n) is 2.01. The summed E-state index contributed by atoms with van der Waals surface area (Å²) in [5.41, 5.74) is 0.558. The monoisotopic (exact) mass is 324 g/mol. The molecule has 1 rings (SSSR count).